The van der Waals surface area contributed by atoms with Gasteiger partial charge in [-0.05, 0) is 64.3 Å². The molecule has 0 aliphatic rings. The Balaban J connectivity index is 1.74. The fourth-order valence-corrected chi connectivity index (χ4v) is 5.00. The third-order valence-electron chi connectivity index (χ3n) is 4.97. The maximum atomic E-state index is 12.5. The molecular weight excluding hydrogens is 472 g/mol. The highest BCUT2D eigenvalue weighted by atomic mass is 32.2. The Morgan fingerprint density at radius 3 is 2.26 bits per heavy atom. The number of amides is 1. The molecule has 182 valence electrons. The number of nitrogens with one attached hydrogen (secondary N) is 1. The number of aromatic nitrogens is 1. The summed E-state index contributed by atoms with van der Waals surface area (Å²) in [5.41, 5.74) is 4.89. The number of aryl methyl sites for hydroxylation is 2. The standard InChI is InChI=1S/C25H30N2O5S2/c1-17-6-12-21(13-7-17)34(29,30)31-15-14-22(27-24(28)32-25(3,4)5)19-8-10-20(11-9-19)23-18(2)26-16-33-23/h6-13,16,22H,14-15H2,1-5H3,(H,27,28)/t22-/m0/s1. The Kier molecular flexibility index (Phi) is 8.12. The van der Waals surface area contributed by atoms with Gasteiger partial charge >= 0.3 is 6.09 Å². The van der Waals surface area contributed by atoms with Crippen LogP contribution in [0.3, 0.4) is 0 Å². The van der Waals surface area contributed by atoms with Crippen LogP contribution in [0.1, 0.15) is 50.1 Å². The molecule has 1 heterocycles. The van der Waals surface area contributed by atoms with Crippen molar-refractivity contribution < 1.29 is 22.1 Å². The molecule has 3 rings (SSSR count). The van der Waals surface area contributed by atoms with Crippen molar-refractivity contribution in [2.45, 2.75) is 57.6 Å². The van der Waals surface area contributed by atoms with Crippen molar-refractivity contribution in [1.82, 2.24) is 10.3 Å². The Hall–Kier alpha value is -2.75. The second-order valence-corrected chi connectivity index (χ2v) is 11.4. The van der Waals surface area contributed by atoms with E-state index < -0.39 is 27.9 Å². The Morgan fingerprint density at radius 2 is 1.71 bits per heavy atom. The molecule has 0 radical (unpaired) electrons. The molecule has 0 saturated heterocycles. The third kappa shape index (κ3) is 7.12. The fraction of sp³-hybridized carbons (Fsp3) is 0.360. The Labute approximate surface area is 205 Å². The van der Waals surface area contributed by atoms with Crippen LogP contribution in [0.4, 0.5) is 4.79 Å². The minimum Gasteiger partial charge on any atom is -0.444 e. The average molecular weight is 503 g/mol. The predicted octanol–water partition coefficient (Wildman–Crippen LogP) is 5.79. The molecule has 1 N–H and O–H groups in total. The lowest BCUT2D eigenvalue weighted by Crippen LogP contribution is -2.35. The first kappa shape index (κ1) is 25.9. The second-order valence-electron chi connectivity index (χ2n) is 8.97. The van der Waals surface area contributed by atoms with Crippen LogP contribution in [0.2, 0.25) is 0 Å². The number of rotatable bonds is 8. The molecule has 0 fully saturated rings. The smallest absolute Gasteiger partial charge is 0.408 e. The Bertz CT molecular complexity index is 1210. The lowest BCUT2D eigenvalue weighted by Gasteiger charge is -2.24. The molecule has 9 heteroatoms. The van der Waals surface area contributed by atoms with Crippen molar-refractivity contribution in [2.24, 2.45) is 0 Å². The van der Waals surface area contributed by atoms with E-state index in [1.165, 1.54) is 12.1 Å². The summed E-state index contributed by atoms with van der Waals surface area (Å²) in [6.07, 6.45) is -0.343. The number of nitrogens with zero attached hydrogens (tertiary/aromatic N) is 1. The van der Waals surface area contributed by atoms with Crippen molar-refractivity contribution in [2.75, 3.05) is 6.61 Å². The summed E-state index contributed by atoms with van der Waals surface area (Å²) >= 11 is 1.56. The maximum Gasteiger partial charge on any atom is 0.408 e. The van der Waals surface area contributed by atoms with Crippen molar-refractivity contribution in [1.29, 1.82) is 0 Å². The summed E-state index contributed by atoms with van der Waals surface area (Å²) in [4.78, 5) is 17.9. The Morgan fingerprint density at radius 1 is 1.06 bits per heavy atom. The largest absolute Gasteiger partial charge is 0.444 e. The van der Waals surface area contributed by atoms with Gasteiger partial charge in [-0.25, -0.2) is 9.78 Å². The molecule has 34 heavy (non-hydrogen) atoms. The first-order chi connectivity index (χ1) is 15.9. The molecular formula is C25H30N2O5S2. The van der Waals surface area contributed by atoms with Gasteiger partial charge in [-0.1, -0.05) is 42.0 Å². The van der Waals surface area contributed by atoms with Gasteiger partial charge in [-0.15, -0.1) is 11.3 Å². The molecule has 7 nitrogen and oxygen atoms in total. The van der Waals surface area contributed by atoms with Crippen molar-refractivity contribution in [3.63, 3.8) is 0 Å². The highest BCUT2D eigenvalue weighted by Gasteiger charge is 2.22. The van der Waals surface area contributed by atoms with E-state index in [2.05, 4.69) is 10.3 Å². The molecule has 0 saturated carbocycles. The van der Waals surface area contributed by atoms with Gasteiger partial charge in [0.15, 0.2) is 0 Å². The van der Waals surface area contributed by atoms with E-state index in [0.29, 0.717) is 0 Å². The summed E-state index contributed by atoms with van der Waals surface area (Å²) < 4.78 is 35.7. The molecule has 1 atom stereocenters. The normalized spacial score (nSPS) is 12.9. The first-order valence-corrected chi connectivity index (χ1v) is 13.2. The number of carbonyl (C=O) groups is 1. The van der Waals surface area contributed by atoms with E-state index in [1.54, 1.807) is 49.8 Å². The number of hydrogen-bond acceptors (Lipinski definition) is 7. The molecule has 1 amide bonds. The van der Waals surface area contributed by atoms with Crippen LogP contribution in [0.25, 0.3) is 10.4 Å². The van der Waals surface area contributed by atoms with Gasteiger partial charge < -0.3 is 10.1 Å². The minimum absolute atomic E-state index is 0.0963. The topological polar surface area (TPSA) is 94.6 Å². The minimum atomic E-state index is -3.90. The zero-order valence-electron chi connectivity index (χ0n) is 20.0. The summed E-state index contributed by atoms with van der Waals surface area (Å²) in [7, 11) is -3.90. The fourth-order valence-electron chi connectivity index (χ4n) is 3.27. The molecule has 2 aromatic carbocycles. The van der Waals surface area contributed by atoms with Gasteiger partial charge in [0.05, 0.1) is 33.6 Å². The van der Waals surface area contributed by atoms with Crippen LogP contribution in [0, 0.1) is 13.8 Å². The van der Waals surface area contributed by atoms with E-state index in [9.17, 15) is 13.2 Å². The van der Waals surface area contributed by atoms with Gasteiger partial charge in [0, 0.05) is 0 Å². The molecule has 1 aromatic heterocycles. The number of carbonyl (C=O) groups excluding carboxylic acids is 1. The number of thiazole rings is 1. The summed E-state index contributed by atoms with van der Waals surface area (Å²) in [5.74, 6) is 0. The van der Waals surface area contributed by atoms with Crippen molar-refractivity contribution >= 4 is 27.5 Å². The predicted molar refractivity (Wildman–Crippen MR) is 133 cm³/mol. The van der Waals surface area contributed by atoms with Crippen molar-refractivity contribution in [3.8, 4) is 10.4 Å². The third-order valence-corrected chi connectivity index (χ3v) is 7.27. The summed E-state index contributed by atoms with van der Waals surface area (Å²) in [5, 5.41) is 2.84. The molecule has 0 bridgehead atoms. The number of alkyl carbamates (subject to hydrolysis) is 1. The highest BCUT2D eigenvalue weighted by molar-refractivity contribution is 7.86. The van der Waals surface area contributed by atoms with Crippen LogP contribution in [0.15, 0.2) is 58.9 Å². The van der Waals surface area contributed by atoms with E-state index in [-0.39, 0.29) is 17.9 Å². The molecule has 0 aliphatic carbocycles. The van der Waals surface area contributed by atoms with Crippen LogP contribution in [-0.2, 0) is 19.0 Å². The number of benzene rings is 2. The molecule has 3 aromatic rings. The highest BCUT2D eigenvalue weighted by Crippen LogP contribution is 2.29. The lowest BCUT2D eigenvalue weighted by molar-refractivity contribution is 0.0498. The van der Waals surface area contributed by atoms with Gasteiger partial charge in [0.25, 0.3) is 10.1 Å². The average Bonchev–Trinajstić information content (AvgIpc) is 3.18. The van der Waals surface area contributed by atoms with Crippen LogP contribution in [0.5, 0.6) is 0 Å². The van der Waals surface area contributed by atoms with Crippen LogP contribution >= 0.6 is 11.3 Å². The number of ether oxygens (including phenoxy) is 1. The first-order valence-electron chi connectivity index (χ1n) is 10.9. The zero-order chi connectivity index (χ0) is 24.9. The van der Waals surface area contributed by atoms with Crippen LogP contribution in [-0.4, -0.2) is 31.7 Å². The second kappa shape index (κ2) is 10.7. The van der Waals surface area contributed by atoms with Crippen LogP contribution < -0.4 is 5.32 Å². The van der Waals surface area contributed by atoms with Gasteiger partial charge in [0.1, 0.15) is 5.60 Å². The lowest BCUT2D eigenvalue weighted by atomic mass is 10.0. The van der Waals surface area contributed by atoms with Gasteiger partial charge in [-0.2, -0.15) is 8.42 Å². The SMILES string of the molecule is Cc1ccc(S(=O)(=O)OCC[C@H](NC(=O)OC(C)(C)C)c2ccc(-c3scnc3C)cc2)cc1. The van der Waals surface area contributed by atoms with E-state index in [4.69, 9.17) is 8.92 Å². The maximum absolute atomic E-state index is 12.5. The van der Waals surface area contributed by atoms with E-state index in [1.807, 2.05) is 38.1 Å². The molecule has 0 unspecified atom stereocenters. The van der Waals surface area contributed by atoms with Gasteiger partial charge in [-0.3, -0.25) is 4.18 Å². The van der Waals surface area contributed by atoms with E-state index >= 15 is 0 Å². The van der Waals surface area contributed by atoms with Gasteiger partial charge in [0.2, 0.25) is 0 Å². The van der Waals surface area contributed by atoms with Crippen molar-refractivity contribution in [3.05, 3.63) is 70.9 Å². The van der Waals surface area contributed by atoms with E-state index in [0.717, 1.165) is 27.3 Å². The molecule has 0 aliphatic heterocycles. The summed E-state index contributed by atoms with van der Waals surface area (Å²) in [6, 6.07) is 13.7. The number of hydrogen-bond donors (Lipinski definition) is 1. The molecule has 0 spiro atoms. The zero-order valence-corrected chi connectivity index (χ0v) is 21.6. The quantitative estimate of drug-likeness (QED) is 0.392. The monoisotopic (exact) mass is 502 g/mol. The summed E-state index contributed by atoms with van der Waals surface area (Å²) in [6.45, 7) is 9.08.